The molecule has 1 aromatic heterocycles. The van der Waals surface area contributed by atoms with Crippen molar-refractivity contribution in [2.24, 2.45) is 7.05 Å². The first-order valence-corrected chi connectivity index (χ1v) is 10.9. The number of anilines is 1. The number of amides is 1. The average Bonchev–Trinajstić information content (AvgIpc) is 2.74. The summed E-state index contributed by atoms with van der Waals surface area (Å²) >= 11 is 1.99. The van der Waals surface area contributed by atoms with Gasteiger partial charge in [-0.2, -0.15) is 16.9 Å². The summed E-state index contributed by atoms with van der Waals surface area (Å²) in [6.45, 7) is 2.97. The molecule has 7 heteroatoms. The van der Waals surface area contributed by atoms with E-state index in [1.165, 1.54) is 4.68 Å². The number of rotatable bonds is 5. The molecule has 1 aliphatic heterocycles. The molecule has 29 heavy (non-hydrogen) atoms. The largest absolute Gasteiger partial charge is 0.325 e. The first-order chi connectivity index (χ1) is 14.1. The van der Waals surface area contributed by atoms with E-state index < -0.39 is 0 Å². The van der Waals surface area contributed by atoms with Gasteiger partial charge < -0.3 is 5.32 Å². The minimum absolute atomic E-state index is 0.114. The maximum absolute atomic E-state index is 12.8. The van der Waals surface area contributed by atoms with Crippen molar-refractivity contribution >= 4 is 34.1 Å². The summed E-state index contributed by atoms with van der Waals surface area (Å²) in [6.07, 6.45) is 0.114. The topological polar surface area (TPSA) is 67.2 Å². The number of nitrogens with zero attached hydrogens (tertiary/aromatic N) is 3. The molecule has 1 amide bonds. The lowest BCUT2D eigenvalue weighted by atomic mass is 10.1. The summed E-state index contributed by atoms with van der Waals surface area (Å²) in [5, 5.41) is 8.69. The second-order valence-corrected chi connectivity index (χ2v) is 8.42. The number of carbonyl (C=O) groups is 1. The van der Waals surface area contributed by atoms with Crippen LogP contribution < -0.4 is 10.9 Å². The molecule has 6 nitrogen and oxygen atoms in total. The Bertz CT molecular complexity index is 1090. The van der Waals surface area contributed by atoms with Gasteiger partial charge in [0, 0.05) is 49.3 Å². The van der Waals surface area contributed by atoms with E-state index in [1.807, 2.05) is 48.2 Å². The van der Waals surface area contributed by atoms with Crippen molar-refractivity contribution in [3.8, 4) is 0 Å². The van der Waals surface area contributed by atoms with Crippen LogP contribution in [0.1, 0.15) is 11.3 Å². The number of aromatic nitrogens is 2. The molecule has 1 N–H and O–H groups in total. The van der Waals surface area contributed by atoms with Crippen LogP contribution >= 0.6 is 11.8 Å². The van der Waals surface area contributed by atoms with Gasteiger partial charge in [-0.25, -0.2) is 4.68 Å². The number of fused-ring (bicyclic) bond motifs is 1. The molecule has 0 unspecified atom stereocenters. The van der Waals surface area contributed by atoms with E-state index in [0.29, 0.717) is 11.1 Å². The van der Waals surface area contributed by atoms with E-state index in [4.69, 9.17) is 0 Å². The molecule has 150 valence electrons. The second-order valence-electron chi connectivity index (χ2n) is 7.19. The predicted molar refractivity (Wildman–Crippen MR) is 118 cm³/mol. The molecule has 0 aliphatic carbocycles. The number of nitrogens with one attached hydrogen (secondary N) is 1. The minimum atomic E-state index is -0.158. The smallest absolute Gasteiger partial charge is 0.274 e. The highest BCUT2D eigenvalue weighted by Gasteiger charge is 2.16. The van der Waals surface area contributed by atoms with Crippen LogP contribution in [0.3, 0.4) is 0 Å². The van der Waals surface area contributed by atoms with Crippen LogP contribution in [-0.2, 0) is 24.8 Å². The van der Waals surface area contributed by atoms with Gasteiger partial charge in [-0.3, -0.25) is 14.5 Å². The van der Waals surface area contributed by atoms with E-state index in [0.717, 1.165) is 47.8 Å². The zero-order valence-corrected chi connectivity index (χ0v) is 17.2. The molecule has 0 saturated carbocycles. The molecule has 0 radical (unpaired) electrons. The summed E-state index contributed by atoms with van der Waals surface area (Å²) in [7, 11) is 1.61. The molecule has 3 aromatic rings. The molecule has 4 rings (SSSR count). The van der Waals surface area contributed by atoms with E-state index in [2.05, 4.69) is 21.4 Å². The Labute approximate surface area is 173 Å². The van der Waals surface area contributed by atoms with Gasteiger partial charge in [-0.1, -0.05) is 36.4 Å². The first-order valence-electron chi connectivity index (χ1n) is 9.74. The number of aryl methyl sites for hydroxylation is 1. The van der Waals surface area contributed by atoms with Gasteiger partial charge in [0.05, 0.1) is 17.5 Å². The monoisotopic (exact) mass is 408 g/mol. The third kappa shape index (κ3) is 4.52. The number of hydrogen-bond acceptors (Lipinski definition) is 5. The first kappa shape index (κ1) is 19.7. The highest BCUT2D eigenvalue weighted by atomic mass is 32.2. The SMILES string of the molecule is Cn1nc(CC(=O)Nc2ccccc2CN2CCSCC2)c2ccccc2c1=O. The van der Waals surface area contributed by atoms with Gasteiger partial charge in [0.1, 0.15) is 0 Å². The fourth-order valence-corrected chi connectivity index (χ4v) is 4.61. The molecule has 0 bridgehead atoms. The van der Waals surface area contributed by atoms with Gasteiger partial charge in [0.15, 0.2) is 0 Å². The number of hydrogen-bond donors (Lipinski definition) is 1. The summed E-state index contributed by atoms with van der Waals surface area (Å²) in [5.74, 6) is 2.17. The van der Waals surface area contributed by atoms with E-state index >= 15 is 0 Å². The second kappa shape index (κ2) is 8.80. The van der Waals surface area contributed by atoms with E-state index in [-0.39, 0.29) is 17.9 Å². The van der Waals surface area contributed by atoms with Crippen LogP contribution in [0.2, 0.25) is 0 Å². The van der Waals surface area contributed by atoms with Crippen LogP contribution in [0.4, 0.5) is 5.69 Å². The number of carbonyl (C=O) groups excluding carboxylic acids is 1. The lowest BCUT2D eigenvalue weighted by Crippen LogP contribution is -2.32. The molecule has 2 heterocycles. The van der Waals surface area contributed by atoms with Crippen LogP contribution in [0.15, 0.2) is 53.3 Å². The zero-order valence-electron chi connectivity index (χ0n) is 16.4. The van der Waals surface area contributed by atoms with Crippen molar-refractivity contribution in [1.82, 2.24) is 14.7 Å². The van der Waals surface area contributed by atoms with Crippen molar-refractivity contribution in [2.45, 2.75) is 13.0 Å². The van der Waals surface area contributed by atoms with Crippen LogP contribution in [-0.4, -0.2) is 45.2 Å². The molecule has 0 atom stereocenters. The zero-order chi connectivity index (χ0) is 20.2. The quantitative estimate of drug-likeness (QED) is 0.703. The van der Waals surface area contributed by atoms with Crippen molar-refractivity contribution in [2.75, 3.05) is 29.9 Å². The maximum Gasteiger partial charge on any atom is 0.274 e. The fraction of sp³-hybridized carbons (Fsp3) is 0.318. The Kier molecular flexibility index (Phi) is 5.97. The fourth-order valence-electron chi connectivity index (χ4n) is 3.63. The van der Waals surface area contributed by atoms with Crippen LogP contribution in [0.25, 0.3) is 10.8 Å². The van der Waals surface area contributed by atoms with Crippen molar-refractivity contribution in [3.63, 3.8) is 0 Å². The molecule has 2 aromatic carbocycles. The number of para-hydroxylation sites is 1. The van der Waals surface area contributed by atoms with Gasteiger partial charge in [0.25, 0.3) is 5.56 Å². The Morgan fingerprint density at radius 2 is 1.76 bits per heavy atom. The van der Waals surface area contributed by atoms with E-state index in [1.54, 1.807) is 13.1 Å². The molecule has 1 saturated heterocycles. The van der Waals surface area contributed by atoms with E-state index in [9.17, 15) is 9.59 Å². The summed E-state index contributed by atoms with van der Waals surface area (Å²) in [5.41, 5.74) is 2.40. The van der Waals surface area contributed by atoms with Gasteiger partial charge in [0.2, 0.25) is 5.91 Å². The minimum Gasteiger partial charge on any atom is -0.325 e. The van der Waals surface area contributed by atoms with Crippen LogP contribution in [0, 0.1) is 0 Å². The molecule has 1 fully saturated rings. The number of thioether (sulfide) groups is 1. The summed E-state index contributed by atoms with van der Waals surface area (Å²) in [4.78, 5) is 27.5. The predicted octanol–water partition coefficient (Wildman–Crippen LogP) is 2.66. The lowest BCUT2D eigenvalue weighted by molar-refractivity contribution is -0.115. The Morgan fingerprint density at radius 1 is 1.07 bits per heavy atom. The Morgan fingerprint density at radius 3 is 2.55 bits per heavy atom. The van der Waals surface area contributed by atoms with Gasteiger partial charge in [-0.05, 0) is 17.7 Å². The molecular weight excluding hydrogens is 384 g/mol. The normalized spacial score (nSPS) is 14.8. The number of benzene rings is 2. The Hall–Kier alpha value is -2.64. The Balaban J connectivity index is 1.53. The van der Waals surface area contributed by atoms with Crippen molar-refractivity contribution < 1.29 is 4.79 Å². The molecular formula is C22H24N4O2S. The van der Waals surface area contributed by atoms with Crippen LogP contribution in [0.5, 0.6) is 0 Å². The highest BCUT2D eigenvalue weighted by molar-refractivity contribution is 7.99. The average molecular weight is 409 g/mol. The third-order valence-electron chi connectivity index (χ3n) is 5.15. The molecule has 1 aliphatic rings. The van der Waals surface area contributed by atoms with Gasteiger partial charge in [-0.15, -0.1) is 0 Å². The van der Waals surface area contributed by atoms with Crippen molar-refractivity contribution in [3.05, 3.63) is 70.1 Å². The maximum atomic E-state index is 12.8. The summed E-state index contributed by atoms with van der Waals surface area (Å²) in [6, 6.07) is 15.2. The highest BCUT2D eigenvalue weighted by Crippen LogP contribution is 2.20. The van der Waals surface area contributed by atoms with Crippen molar-refractivity contribution in [1.29, 1.82) is 0 Å². The van der Waals surface area contributed by atoms with Gasteiger partial charge >= 0.3 is 0 Å². The molecule has 0 spiro atoms. The third-order valence-corrected chi connectivity index (χ3v) is 6.09. The lowest BCUT2D eigenvalue weighted by Gasteiger charge is -2.27. The summed E-state index contributed by atoms with van der Waals surface area (Å²) < 4.78 is 1.30. The standard InChI is InChI=1S/C22H24N4O2S/c1-25-22(28)18-8-4-3-7-17(18)20(24-25)14-21(27)23-19-9-5-2-6-16(19)15-26-10-12-29-13-11-26/h2-9H,10-15H2,1H3,(H,23,27).